The summed E-state index contributed by atoms with van der Waals surface area (Å²) in [7, 11) is 0. The second kappa shape index (κ2) is 8.25. The van der Waals surface area contributed by atoms with E-state index < -0.39 is 0 Å². The van der Waals surface area contributed by atoms with Gasteiger partial charge in [-0.2, -0.15) is 0 Å². The predicted octanol–water partition coefficient (Wildman–Crippen LogP) is 3.86. The van der Waals surface area contributed by atoms with Gasteiger partial charge in [0, 0.05) is 18.3 Å². The van der Waals surface area contributed by atoms with Gasteiger partial charge in [-0.25, -0.2) is 4.98 Å². The number of pyridine rings is 1. The van der Waals surface area contributed by atoms with E-state index in [0.717, 1.165) is 37.5 Å². The third-order valence-corrected chi connectivity index (χ3v) is 3.87. The van der Waals surface area contributed by atoms with E-state index in [-0.39, 0.29) is 0 Å². The number of ether oxygens (including phenoxy) is 1. The number of hydrogen-bond acceptors (Lipinski definition) is 3. The molecule has 0 spiro atoms. The van der Waals surface area contributed by atoms with Gasteiger partial charge in [-0.3, -0.25) is 0 Å². The molecule has 0 amide bonds. The third-order valence-electron chi connectivity index (χ3n) is 3.87. The Bertz CT molecular complexity index is 400. The molecule has 0 bridgehead atoms. The van der Waals surface area contributed by atoms with Gasteiger partial charge in [-0.15, -0.1) is 0 Å². The van der Waals surface area contributed by atoms with Crippen molar-refractivity contribution in [2.24, 2.45) is 0 Å². The van der Waals surface area contributed by atoms with Crippen molar-refractivity contribution in [3.05, 3.63) is 23.4 Å². The van der Waals surface area contributed by atoms with Crippen LogP contribution in [0.15, 0.2) is 12.1 Å². The Morgan fingerprint density at radius 2 is 2.00 bits per heavy atom. The van der Waals surface area contributed by atoms with Crippen molar-refractivity contribution in [3.63, 3.8) is 0 Å². The van der Waals surface area contributed by atoms with Crippen molar-refractivity contribution in [2.45, 2.75) is 71.4 Å². The number of aryl methyl sites for hydroxylation is 1. The number of aromatic nitrogens is 1. The van der Waals surface area contributed by atoms with Crippen molar-refractivity contribution in [1.82, 2.24) is 10.3 Å². The van der Waals surface area contributed by atoms with Crippen molar-refractivity contribution < 1.29 is 4.74 Å². The number of hydrogen-bond donors (Lipinski definition) is 1. The molecular weight excluding hydrogens is 248 g/mol. The minimum Gasteiger partial charge on any atom is -0.474 e. The molecule has 1 N–H and O–H groups in total. The molecule has 3 nitrogen and oxygen atoms in total. The Balaban J connectivity index is 2.00. The summed E-state index contributed by atoms with van der Waals surface area (Å²) < 4.78 is 6.11. The standard InChI is InChI=1S/C17H28N2O/c1-3-10-18-13-14-11-15(4-2)19-17(12-14)20-16-8-6-5-7-9-16/h11-12,16,18H,3-10,13H2,1-2H3. The summed E-state index contributed by atoms with van der Waals surface area (Å²) in [6.07, 6.45) is 8.81. The molecule has 3 heteroatoms. The zero-order valence-corrected chi connectivity index (χ0v) is 13.0. The van der Waals surface area contributed by atoms with Gasteiger partial charge in [0.05, 0.1) is 0 Å². The van der Waals surface area contributed by atoms with E-state index in [2.05, 4.69) is 36.3 Å². The average Bonchev–Trinajstić information content (AvgIpc) is 2.48. The van der Waals surface area contributed by atoms with Crippen LogP contribution in [0.1, 0.15) is 63.6 Å². The fourth-order valence-electron chi connectivity index (χ4n) is 2.73. The first-order valence-corrected chi connectivity index (χ1v) is 8.19. The quantitative estimate of drug-likeness (QED) is 0.768. The largest absolute Gasteiger partial charge is 0.474 e. The van der Waals surface area contributed by atoms with E-state index in [1.54, 1.807) is 0 Å². The zero-order chi connectivity index (χ0) is 14.2. The lowest BCUT2D eigenvalue weighted by Crippen LogP contribution is -2.21. The summed E-state index contributed by atoms with van der Waals surface area (Å²) in [5.74, 6) is 0.824. The van der Waals surface area contributed by atoms with Crippen LogP contribution in [0.2, 0.25) is 0 Å². The van der Waals surface area contributed by atoms with Crippen molar-refractivity contribution >= 4 is 0 Å². The molecule has 112 valence electrons. The van der Waals surface area contributed by atoms with E-state index >= 15 is 0 Å². The first kappa shape index (κ1) is 15.3. The summed E-state index contributed by atoms with van der Waals surface area (Å²) >= 11 is 0. The van der Waals surface area contributed by atoms with E-state index in [1.165, 1.54) is 37.7 Å². The minimum absolute atomic E-state index is 0.375. The van der Waals surface area contributed by atoms with Crippen molar-refractivity contribution in [2.75, 3.05) is 6.54 Å². The molecule has 1 aliphatic rings. The fourth-order valence-corrected chi connectivity index (χ4v) is 2.73. The SMILES string of the molecule is CCCNCc1cc(CC)nc(OC2CCCCC2)c1. The molecule has 0 radical (unpaired) electrons. The van der Waals surface area contributed by atoms with Gasteiger partial charge < -0.3 is 10.1 Å². The Morgan fingerprint density at radius 3 is 2.70 bits per heavy atom. The molecule has 0 aromatic carbocycles. The Morgan fingerprint density at radius 1 is 1.20 bits per heavy atom. The molecule has 20 heavy (non-hydrogen) atoms. The Hall–Kier alpha value is -1.09. The lowest BCUT2D eigenvalue weighted by molar-refractivity contribution is 0.148. The van der Waals surface area contributed by atoms with Gasteiger partial charge in [-0.1, -0.05) is 20.3 Å². The van der Waals surface area contributed by atoms with E-state index in [4.69, 9.17) is 4.74 Å². The lowest BCUT2D eigenvalue weighted by atomic mass is 9.98. The first-order valence-electron chi connectivity index (χ1n) is 8.19. The van der Waals surface area contributed by atoms with Gasteiger partial charge >= 0.3 is 0 Å². The summed E-state index contributed by atoms with van der Waals surface area (Å²) in [6, 6.07) is 4.30. The van der Waals surface area contributed by atoms with Crippen LogP contribution >= 0.6 is 0 Å². The van der Waals surface area contributed by atoms with Crippen LogP contribution in [0.25, 0.3) is 0 Å². The maximum atomic E-state index is 6.11. The van der Waals surface area contributed by atoms with Crippen LogP contribution in [-0.4, -0.2) is 17.6 Å². The van der Waals surface area contributed by atoms with E-state index in [9.17, 15) is 0 Å². The summed E-state index contributed by atoms with van der Waals surface area (Å²) in [5.41, 5.74) is 2.42. The monoisotopic (exact) mass is 276 g/mol. The summed E-state index contributed by atoms with van der Waals surface area (Å²) in [5, 5.41) is 3.45. The molecule has 1 aliphatic carbocycles. The zero-order valence-electron chi connectivity index (χ0n) is 13.0. The van der Waals surface area contributed by atoms with Gasteiger partial charge in [0.2, 0.25) is 5.88 Å². The molecule has 1 heterocycles. The van der Waals surface area contributed by atoms with Crippen LogP contribution in [0, 0.1) is 0 Å². The van der Waals surface area contributed by atoms with Gasteiger partial charge in [0.1, 0.15) is 6.10 Å². The first-order chi connectivity index (χ1) is 9.81. The third kappa shape index (κ3) is 4.78. The molecule has 0 saturated heterocycles. The maximum Gasteiger partial charge on any atom is 0.214 e. The lowest BCUT2D eigenvalue weighted by Gasteiger charge is -2.23. The molecule has 0 atom stereocenters. The van der Waals surface area contributed by atoms with Crippen LogP contribution in [0.3, 0.4) is 0 Å². The second-order valence-corrected chi connectivity index (χ2v) is 5.71. The Labute approximate surface area is 123 Å². The second-order valence-electron chi connectivity index (χ2n) is 5.71. The number of nitrogens with zero attached hydrogens (tertiary/aromatic N) is 1. The molecular formula is C17H28N2O. The van der Waals surface area contributed by atoms with E-state index in [1.807, 2.05) is 0 Å². The highest BCUT2D eigenvalue weighted by Crippen LogP contribution is 2.23. The van der Waals surface area contributed by atoms with Gasteiger partial charge in [0.15, 0.2) is 0 Å². The molecule has 1 saturated carbocycles. The highest BCUT2D eigenvalue weighted by atomic mass is 16.5. The number of rotatable bonds is 7. The molecule has 0 unspecified atom stereocenters. The van der Waals surface area contributed by atoms with Gasteiger partial charge in [-0.05, 0) is 56.7 Å². The minimum atomic E-state index is 0.375. The van der Waals surface area contributed by atoms with Crippen LogP contribution in [0.5, 0.6) is 5.88 Å². The van der Waals surface area contributed by atoms with Crippen LogP contribution < -0.4 is 10.1 Å². The summed E-state index contributed by atoms with van der Waals surface area (Å²) in [4.78, 5) is 4.62. The molecule has 0 aliphatic heterocycles. The fraction of sp³-hybridized carbons (Fsp3) is 0.706. The molecule has 1 aromatic heterocycles. The normalized spacial score (nSPS) is 16.3. The molecule has 1 aromatic rings. The highest BCUT2D eigenvalue weighted by Gasteiger charge is 2.16. The van der Waals surface area contributed by atoms with Gasteiger partial charge in [0.25, 0.3) is 0 Å². The topological polar surface area (TPSA) is 34.2 Å². The number of nitrogens with one attached hydrogen (secondary N) is 1. The van der Waals surface area contributed by atoms with Crippen molar-refractivity contribution in [1.29, 1.82) is 0 Å². The maximum absolute atomic E-state index is 6.11. The molecule has 1 fully saturated rings. The average molecular weight is 276 g/mol. The Kier molecular flexibility index (Phi) is 6.31. The van der Waals surface area contributed by atoms with E-state index in [0.29, 0.717) is 6.10 Å². The molecule has 2 rings (SSSR count). The summed E-state index contributed by atoms with van der Waals surface area (Å²) in [6.45, 7) is 6.30. The predicted molar refractivity (Wildman–Crippen MR) is 83.1 cm³/mol. The van der Waals surface area contributed by atoms with Crippen LogP contribution in [-0.2, 0) is 13.0 Å². The highest BCUT2D eigenvalue weighted by molar-refractivity contribution is 5.25. The van der Waals surface area contributed by atoms with Crippen LogP contribution in [0.4, 0.5) is 0 Å². The smallest absolute Gasteiger partial charge is 0.214 e. The van der Waals surface area contributed by atoms with Crippen molar-refractivity contribution in [3.8, 4) is 5.88 Å².